The third-order valence-electron chi connectivity index (χ3n) is 5.12. The number of likely N-dealkylation sites (tertiary alicyclic amines) is 1. The summed E-state index contributed by atoms with van der Waals surface area (Å²) in [5.41, 5.74) is 4.57. The molecule has 8 nitrogen and oxygen atoms in total. The highest BCUT2D eigenvalue weighted by Gasteiger charge is 2.29. The van der Waals surface area contributed by atoms with Crippen LogP contribution in [0.3, 0.4) is 0 Å². The number of sulfonamides is 1. The monoisotopic (exact) mass is 444 g/mol. The Morgan fingerprint density at radius 2 is 1.84 bits per heavy atom. The summed E-state index contributed by atoms with van der Waals surface area (Å²) in [7, 11) is -0.507. The molecule has 2 aromatic rings. The number of rotatable bonds is 7. The summed E-state index contributed by atoms with van der Waals surface area (Å²) in [6.45, 7) is 3.18. The van der Waals surface area contributed by atoms with Gasteiger partial charge in [-0.2, -0.15) is 5.10 Å². The van der Waals surface area contributed by atoms with Crippen molar-refractivity contribution in [2.75, 3.05) is 38.1 Å². The zero-order chi connectivity index (χ0) is 22.4. The number of nitrogens with one attached hydrogen (secondary N) is 1. The molecule has 166 valence electrons. The van der Waals surface area contributed by atoms with E-state index in [4.69, 9.17) is 4.74 Å². The molecular formula is C22H28N4O4S. The molecule has 1 fully saturated rings. The molecule has 31 heavy (non-hydrogen) atoms. The number of hydrogen-bond acceptors (Lipinski definition) is 6. The molecule has 0 bridgehead atoms. The first-order chi connectivity index (χ1) is 14.8. The molecule has 0 unspecified atom stereocenters. The molecule has 3 rings (SSSR count). The number of benzene rings is 2. The second kappa shape index (κ2) is 9.93. The van der Waals surface area contributed by atoms with Crippen molar-refractivity contribution in [3.05, 3.63) is 54.1 Å². The van der Waals surface area contributed by atoms with Crippen LogP contribution in [0, 0.1) is 6.92 Å². The summed E-state index contributed by atoms with van der Waals surface area (Å²) in [4.78, 5) is 15.0. The fourth-order valence-corrected chi connectivity index (χ4v) is 4.75. The minimum Gasteiger partial charge on any atom is -0.495 e. The zero-order valence-electron chi connectivity index (χ0n) is 18.0. The average Bonchev–Trinajstić information content (AvgIpc) is 2.77. The number of nitrogens with zero attached hydrogens (tertiary/aromatic N) is 3. The third kappa shape index (κ3) is 5.62. The fraction of sp³-hybridized carbons (Fsp3) is 0.364. The van der Waals surface area contributed by atoms with Crippen molar-refractivity contribution in [2.24, 2.45) is 5.10 Å². The van der Waals surface area contributed by atoms with E-state index in [1.54, 1.807) is 30.3 Å². The number of ether oxygens (including phenoxy) is 1. The van der Waals surface area contributed by atoms with Gasteiger partial charge in [-0.3, -0.25) is 9.10 Å². The SMILES string of the molecule is COc1ccc(C)cc1N(CC(=O)NN=C1CCN(C)CC1)S(=O)(=O)c1ccccc1. The number of piperidine rings is 1. The van der Waals surface area contributed by atoms with E-state index < -0.39 is 22.5 Å². The normalized spacial score (nSPS) is 14.7. The molecule has 1 N–H and O–H groups in total. The van der Waals surface area contributed by atoms with Gasteiger partial charge in [0.15, 0.2) is 0 Å². The van der Waals surface area contributed by atoms with Gasteiger partial charge in [0.2, 0.25) is 0 Å². The number of amides is 1. The lowest BCUT2D eigenvalue weighted by molar-refractivity contribution is -0.119. The lowest BCUT2D eigenvalue weighted by Gasteiger charge is -2.26. The van der Waals surface area contributed by atoms with Crippen LogP contribution in [0.15, 0.2) is 58.5 Å². The number of hydrazone groups is 1. The predicted molar refractivity (Wildman–Crippen MR) is 121 cm³/mol. The molecular weight excluding hydrogens is 416 g/mol. The first-order valence-electron chi connectivity index (χ1n) is 10.1. The first kappa shape index (κ1) is 22.8. The van der Waals surface area contributed by atoms with Crippen molar-refractivity contribution in [3.8, 4) is 5.75 Å². The molecule has 1 aliphatic rings. The van der Waals surface area contributed by atoms with Crippen molar-refractivity contribution in [1.29, 1.82) is 0 Å². The molecule has 1 aliphatic heterocycles. The Kier molecular flexibility index (Phi) is 7.29. The number of hydrogen-bond donors (Lipinski definition) is 1. The smallest absolute Gasteiger partial charge is 0.264 e. The Labute approximate surface area is 183 Å². The molecule has 1 heterocycles. The lowest BCUT2D eigenvalue weighted by atomic mass is 10.1. The summed E-state index contributed by atoms with van der Waals surface area (Å²) in [5.74, 6) is -0.158. The molecule has 0 aromatic heterocycles. The van der Waals surface area contributed by atoms with E-state index in [1.165, 1.54) is 19.2 Å². The highest BCUT2D eigenvalue weighted by Crippen LogP contribution is 2.33. The maximum atomic E-state index is 13.4. The fourth-order valence-electron chi connectivity index (χ4n) is 3.31. The topological polar surface area (TPSA) is 91.3 Å². The van der Waals surface area contributed by atoms with Crippen LogP contribution in [0.4, 0.5) is 5.69 Å². The predicted octanol–water partition coefficient (Wildman–Crippen LogP) is 2.40. The van der Waals surface area contributed by atoms with Gasteiger partial charge in [-0.25, -0.2) is 13.8 Å². The molecule has 9 heteroatoms. The lowest BCUT2D eigenvalue weighted by Crippen LogP contribution is -2.40. The zero-order valence-corrected chi connectivity index (χ0v) is 18.9. The van der Waals surface area contributed by atoms with Crippen LogP contribution in [-0.2, 0) is 14.8 Å². The summed E-state index contributed by atoms with van der Waals surface area (Å²) < 4.78 is 33.3. The standard InChI is InChI=1S/C22H28N4O4S/c1-17-9-10-21(30-3)20(15-17)26(31(28,29)19-7-5-4-6-8-19)16-22(27)24-23-18-11-13-25(2)14-12-18/h4-10,15H,11-14,16H2,1-3H3,(H,24,27). The van der Waals surface area contributed by atoms with Crippen LogP contribution in [-0.4, -0.2) is 58.7 Å². The van der Waals surface area contributed by atoms with Gasteiger partial charge in [-0.05, 0) is 43.8 Å². The van der Waals surface area contributed by atoms with Crippen LogP contribution in [0.5, 0.6) is 5.75 Å². The Bertz CT molecular complexity index is 1040. The third-order valence-corrected chi connectivity index (χ3v) is 6.90. The van der Waals surface area contributed by atoms with E-state index in [0.29, 0.717) is 11.4 Å². The van der Waals surface area contributed by atoms with E-state index >= 15 is 0 Å². The molecule has 0 spiro atoms. The maximum Gasteiger partial charge on any atom is 0.264 e. The van der Waals surface area contributed by atoms with E-state index in [0.717, 1.165) is 41.5 Å². The minimum absolute atomic E-state index is 0.0907. The summed E-state index contributed by atoms with van der Waals surface area (Å²) in [6, 6.07) is 13.2. The molecule has 0 atom stereocenters. The highest BCUT2D eigenvalue weighted by molar-refractivity contribution is 7.92. The largest absolute Gasteiger partial charge is 0.495 e. The Morgan fingerprint density at radius 1 is 1.16 bits per heavy atom. The van der Waals surface area contributed by atoms with Crippen molar-refractivity contribution >= 4 is 27.3 Å². The summed E-state index contributed by atoms with van der Waals surface area (Å²) in [5, 5.41) is 4.22. The van der Waals surface area contributed by atoms with E-state index in [-0.39, 0.29) is 4.90 Å². The number of methoxy groups -OCH3 is 1. The van der Waals surface area contributed by atoms with Gasteiger partial charge in [0.25, 0.3) is 15.9 Å². The van der Waals surface area contributed by atoms with Crippen LogP contribution in [0.1, 0.15) is 18.4 Å². The Morgan fingerprint density at radius 3 is 2.48 bits per heavy atom. The molecule has 1 saturated heterocycles. The van der Waals surface area contributed by atoms with Gasteiger partial charge < -0.3 is 9.64 Å². The van der Waals surface area contributed by atoms with Gasteiger partial charge in [0, 0.05) is 31.6 Å². The molecule has 0 aliphatic carbocycles. The number of anilines is 1. The Hall–Kier alpha value is -2.91. The van der Waals surface area contributed by atoms with E-state index in [2.05, 4.69) is 15.4 Å². The minimum atomic E-state index is -4.01. The number of aryl methyl sites for hydroxylation is 1. The van der Waals surface area contributed by atoms with Crippen molar-refractivity contribution in [2.45, 2.75) is 24.7 Å². The van der Waals surface area contributed by atoms with Crippen LogP contribution in [0.25, 0.3) is 0 Å². The highest BCUT2D eigenvalue weighted by atomic mass is 32.2. The number of carbonyl (C=O) groups excluding carboxylic acids is 1. The summed E-state index contributed by atoms with van der Waals surface area (Å²) in [6.07, 6.45) is 1.54. The van der Waals surface area contributed by atoms with Crippen LogP contribution in [0.2, 0.25) is 0 Å². The summed E-state index contributed by atoms with van der Waals surface area (Å²) >= 11 is 0. The maximum absolute atomic E-state index is 13.4. The molecule has 2 aromatic carbocycles. The van der Waals surface area contributed by atoms with Gasteiger partial charge in [0.05, 0.1) is 17.7 Å². The van der Waals surface area contributed by atoms with Crippen molar-refractivity contribution < 1.29 is 17.9 Å². The van der Waals surface area contributed by atoms with E-state index in [1.807, 2.05) is 20.0 Å². The molecule has 0 saturated carbocycles. The number of carbonyl (C=O) groups is 1. The average molecular weight is 445 g/mol. The molecule has 0 radical (unpaired) electrons. The quantitative estimate of drug-likeness (QED) is 0.662. The van der Waals surface area contributed by atoms with Gasteiger partial charge in [0.1, 0.15) is 12.3 Å². The van der Waals surface area contributed by atoms with Gasteiger partial charge >= 0.3 is 0 Å². The second-order valence-electron chi connectivity index (χ2n) is 7.52. The first-order valence-corrected chi connectivity index (χ1v) is 11.5. The van der Waals surface area contributed by atoms with Crippen LogP contribution >= 0.6 is 0 Å². The van der Waals surface area contributed by atoms with Crippen molar-refractivity contribution in [1.82, 2.24) is 10.3 Å². The van der Waals surface area contributed by atoms with Crippen molar-refractivity contribution in [3.63, 3.8) is 0 Å². The van der Waals surface area contributed by atoms with Gasteiger partial charge in [-0.15, -0.1) is 0 Å². The Balaban J connectivity index is 1.91. The second-order valence-corrected chi connectivity index (χ2v) is 9.38. The van der Waals surface area contributed by atoms with Crippen LogP contribution < -0.4 is 14.5 Å². The van der Waals surface area contributed by atoms with E-state index in [9.17, 15) is 13.2 Å². The molecule has 1 amide bonds. The van der Waals surface area contributed by atoms with Gasteiger partial charge in [-0.1, -0.05) is 24.3 Å².